The van der Waals surface area contributed by atoms with Crippen molar-refractivity contribution in [1.29, 1.82) is 0 Å². The molecule has 4 aliphatic carbocycles. The molecule has 3 aromatic heterocycles. The van der Waals surface area contributed by atoms with Crippen molar-refractivity contribution in [3.05, 3.63) is 83.8 Å². The molecule has 45 heavy (non-hydrogen) atoms. The molecule has 7 atom stereocenters. The number of hydrogen-bond acceptors (Lipinski definition) is 7. The van der Waals surface area contributed by atoms with E-state index in [9.17, 15) is 19.4 Å². The number of allylic oxidation sites excluding steroid dienone is 1. The van der Waals surface area contributed by atoms with Gasteiger partial charge in [-0.3, -0.25) is 9.78 Å². The first-order valence-electron chi connectivity index (χ1n) is 15.9. The average molecular weight is 609 g/mol. The topological polar surface area (TPSA) is 119 Å². The van der Waals surface area contributed by atoms with E-state index < -0.39 is 17.1 Å². The van der Waals surface area contributed by atoms with Crippen LogP contribution in [0.25, 0.3) is 23.0 Å². The smallest absolute Gasteiger partial charge is 0.186 e. The fraction of sp³-hybridized carbons (Fsp3) is 0.457. The summed E-state index contributed by atoms with van der Waals surface area (Å²) < 4.78 is 17.0. The Labute approximate surface area is 260 Å². The second kappa shape index (κ2) is 9.99. The van der Waals surface area contributed by atoms with Crippen LogP contribution < -0.4 is 0 Å². The lowest BCUT2D eigenvalue weighted by Gasteiger charge is -2.60. The van der Waals surface area contributed by atoms with Gasteiger partial charge < -0.3 is 10.2 Å². The summed E-state index contributed by atoms with van der Waals surface area (Å²) in [5.41, 5.74) is 3.11. The number of pyridine rings is 1. The molecule has 1 aromatic carbocycles. The second-order valence-electron chi connectivity index (χ2n) is 14.1. The zero-order valence-corrected chi connectivity index (χ0v) is 25.5. The van der Waals surface area contributed by atoms with Gasteiger partial charge in [-0.25, -0.2) is 13.8 Å². The second-order valence-corrected chi connectivity index (χ2v) is 14.1. The Morgan fingerprint density at radius 3 is 2.73 bits per heavy atom. The molecule has 8 rings (SSSR count). The minimum Gasteiger partial charge on any atom is -0.393 e. The molecule has 232 valence electrons. The van der Waals surface area contributed by atoms with Crippen LogP contribution in [0.15, 0.2) is 66.8 Å². The number of aromatic nitrogens is 6. The van der Waals surface area contributed by atoms with Gasteiger partial charge in [0.15, 0.2) is 5.78 Å². The first kappa shape index (κ1) is 28.5. The van der Waals surface area contributed by atoms with Crippen molar-refractivity contribution in [3.63, 3.8) is 0 Å². The number of Topliss-reactive ketones (excluding diaryl/α,β-unsaturated/α-hetero) is 1. The van der Waals surface area contributed by atoms with Crippen molar-refractivity contribution >= 4 is 11.9 Å². The Balaban J connectivity index is 1.06. The molecule has 3 heterocycles. The molecular formula is C35H37FN6O3. The molecule has 0 aliphatic heterocycles. The zero-order chi connectivity index (χ0) is 31.1. The number of fused-ring (bicyclic) bond motifs is 6. The van der Waals surface area contributed by atoms with Crippen LogP contribution in [0, 0.1) is 34.4 Å². The third kappa shape index (κ3) is 4.14. The third-order valence-corrected chi connectivity index (χ3v) is 11.9. The van der Waals surface area contributed by atoms with Crippen LogP contribution in [-0.4, -0.2) is 57.5 Å². The quantitative estimate of drug-likeness (QED) is 0.334. The number of hydrogen-bond donors (Lipinski definition) is 2. The van der Waals surface area contributed by atoms with Gasteiger partial charge in [-0.1, -0.05) is 24.6 Å². The number of rotatable bonds is 5. The van der Waals surface area contributed by atoms with Crippen LogP contribution in [0.2, 0.25) is 0 Å². The first-order valence-corrected chi connectivity index (χ1v) is 15.9. The van der Waals surface area contributed by atoms with E-state index in [1.54, 1.807) is 30.7 Å². The number of carbonyl (C=O) groups is 1. The van der Waals surface area contributed by atoms with Crippen molar-refractivity contribution in [2.75, 3.05) is 0 Å². The summed E-state index contributed by atoms with van der Waals surface area (Å²) in [5.74, 6) is -0.258. The summed E-state index contributed by atoms with van der Waals surface area (Å²) in [4.78, 5) is 18.0. The third-order valence-electron chi connectivity index (χ3n) is 11.9. The molecule has 10 heteroatoms. The molecule has 9 nitrogen and oxygen atoms in total. The van der Waals surface area contributed by atoms with E-state index in [0.29, 0.717) is 18.5 Å². The van der Waals surface area contributed by atoms with Gasteiger partial charge in [0.05, 0.1) is 29.9 Å². The van der Waals surface area contributed by atoms with E-state index >= 15 is 0 Å². The average Bonchev–Trinajstić information content (AvgIpc) is 3.73. The lowest BCUT2D eigenvalue weighted by Crippen LogP contribution is -2.62. The predicted molar refractivity (Wildman–Crippen MR) is 164 cm³/mol. The molecular weight excluding hydrogens is 571 g/mol. The molecule has 4 aliphatic rings. The number of aliphatic hydroxyl groups excluding tert-OH is 1. The van der Waals surface area contributed by atoms with Gasteiger partial charge in [0, 0.05) is 23.4 Å². The highest BCUT2D eigenvalue weighted by Crippen LogP contribution is 2.67. The standard InChI is InChI=1S/C35H37FN6O3/c1-33-15-22-18-38-42(25-8-6-24(36)7-9-25)29(22)14-23(33)5-10-26-27-11-12-35(45,34(27,2)16-30(43)32(26)33)31(44)20-41-19-28(39-40-41)21-4-3-13-37-17-21/h3-4,6-9,13-14,17-19,26-27,30,32,43,45H,5,10-12,15-16,20H2,1-2H3/t26?,27?,30?,32?,33?,34?,35-/m0/s1. The van der Waals surface area contributed by atoms with Crippen LogP contribution in [0.4, 0.5) is 4.39 Å². The largest absolute Gasteiger partial charge is 0.393 e. The van der Waals surface area contributed by atoms with Crippen molar-refractivity contribution < 1.29 is 19.4 Å². The highest BCUT2D eigenvalue weighted by atomic mass is 19.1. The molecule has 0 saturated heterocycles. The van der Waals surface area contributed by atoms with E-state index in [0.717, 1.165) is 48.2 Å². The van der Waals surface area contributed by atoms with Crippen molar-refractivity contribution in [1.82, 2.24) is 29.8 Å². The number of aliphatic hydroxyl groups is 2. The van der Waals surface area contributed by atoms with Crippen molar-refractivity contribution in [2.24, 2.45) is 28.6 Å². The Morgan fingerprint density at radius 1 is 1.13 bits per heavy atom. The van der Waals surface area contributed by atoms with Gasteiger partial charge >= 0.3 is 0 Å². The summed E-state index contributed by atoms with van der Waals surface area (Å²) in [6, 6.07) is 10.1. The number of ketones is 1. The highest BCUT2D eigenvalue weighted by molar-refractivity contribution is 5.88. The predicted octanol–water partition coefficient (Wildman–Crippen LogP) is 4.82. The lowest BCUT2D eigenvalue weighted by molar-refractivity contribution is -0.180. The lowest BCUT2D eigenvalue weighted by atomic mass is 9.45. The maximum Gasteiger partial charge on any atom is 0.186 e. The Hall–Kier alpha value is -4.02. The minimum absolute atomic E-state index is 0.00713. The molecule has 6 unspecified atom stereocenters. The fourth-order valence-corrected chi connectivity index (χ4v) is 9.74. The molecule has 2 N–H and O–H groups in total. The van der Waals surface area contributed by atoms with Crippen LogP contribution >= 0.6 is 0 Å². The summed E-state index contributed by atoms with van der Waals surface area (Å²) in [6.45, 7) is 4.21. The van der Waals surface area contributed by atoms with Gasteiger partial charge in [-0.05, 0) is 110 Å². The number of halogens is 1. The zero-order valence-electron chi connectivity index (χ0n) is 25.5. The molecule has 3 fully saturated rings. The van der Waals surface area contributed by atoms with Crippen LogP contribution in [0.1, 0.15) is 57.2 Å². The monoisotopic (exact) mass is 608 g/mol. The Bertz CT molecular complexity index is 1820. The van der Waals surface area contributed by atoms with Crippen LogP contribution in [0.5, 0.6) is 0 Å². The van der Waals surface area contributed by atoms with Crippen LogP contribution in [-0.2, 0) is 17.8 Å². The molecule has 3 saturated carbocycles. The minimum atomic E-state index is -1.56. The number of carbonyl (C=O) groups excluding carboxylic acids is 1. The molecule has 0 amide bonds. The summed E-state index contributed by atoms with van der Waals surface area (Å²) in [5, 5.41) is 37.2. The van der Waals surface area contributed by atoms with E-state index in [-0.39, 0.29) is 41.3 Å². The highest BCUT2D eigenvalue weighted by Gasteiger charge is 2.68. The van der Waals surface area contributed by atoms with Gasteiger partial charge in [0.1, 0.15) is 23.7 Å². The maximum atomic E-state index is 13.9. The summed E-state index contributed by atoms with van der Waals surface area (Å²) >= 11 is 0. The molecule has 0 bridgehead atoms. The number of benzene rings is 1. The maximum absolute atomic E-state index is 13.9. The summed E-state index contributed by atoms with van der Waals surface area (Å²) in [6.07, 6.45) is 12.6. The normalized spacial score (nSPS) is 33.5. The van der Waals surface area contributed by atoms with Gasteiger partial charge in [0.25, 0.3) is 0 Å². The van der Waals surface area contributed by atoms with E-state index in [1.807, 2.05) is 29.9 Å². The van der Waals surface area contributed by atoms with E-state index in [4.69, 9.17) is 0 Å². The SMILES string of the molecule is CC12Cc3cnn(-c4ccc(F)cc4)c3C=C1CCC1C2C(O)CC2(C)C1CC[C@]2(O)C(=O)Cn1cc(-c2cccnc2)nn1. The Morgan fingerprint density at radius 2 is 1.96 bits per heavy atom. The van der Waals surface area contributed by atoms with Crippen molar-refractivity contribution in [3.8, 4) is 16.9 Å². The van der Waals surface area contributed by atoms with E-state index in [2.05, 4.69) is 33.4 Å². The molecule has 0 radical (unpaired) electrons. The number of nitrogens with zero attached hydrogens (tertiary/aromatic N) is 6. The Kier molecular flexibility index (Phi) is 6.32. The van der Waals surface area contributed by atoms with Gasteiger partial charge in [-0.15, -0.1) is 5.10 Å². The van der Waals surface area contributed by atoms with Crippen molar-refractivity contribution in [2.45, 2.75) is 70.6 Å². The molecule has 4 aromatic rings. The van der Waals surface area contributed by atoms with Gasteiger partial charge in [0.2, 0.25) is 0 Å². The van der Waals surface area contributed by atoms with Gasteiger partial charge in [-0.2, -0.15) is 5.10 Å². The fourth-order valence-electron chi connectivity index (χ4n) is 9.74. The van der Waals surface area contributed by atoms with Crippen LogP contribution in [0.3, 0.4) is 0 Å². The molecule has 0 spiro atoms. The summed E-state index contributed by atoms with van der Waals surface area (Å²) in [7, 11) is 0. The first-order chi connectivity index (χ1) is 21.6. The van der Waals surface area contributed by atoms with E-state index in [1.165, 1.54) is 22.4 Å².